The number of nitrogens with zero attached hydrogens (tertiary/aromatic N) is 1. The summed E-state index contributed by atoms with van der Waals surface area (Å²) in [7, 11) is 0. The van der Waals surface area contributed by atoms with Crippen molar-refractivity contribution in [2.24, 2.45) is 11.7 Å². The van der Waals surface area contributed by atoms with Gasteiger partial charge in [-0.1, -0.05) is 29.6 Å². The summed E-state index contributed by atoms with van der Waals surface area (Å²) in [5, 5.41) is 3.74. The Morgan fingerprint density at radius 3 is 2.42 bits per heavy atom. The Balaban J connectivity index is 0.00000243. The Morgan fingerprint density at radius 1 is 1.12 bits per heavy atom. The molecule has 5 nitrogen and oxygen atoms in total. The average Bonchev–Trinajstić information content (AvgIpc) is 3.16. The van der Waals surface area contributed by atoms with Crippen molar-refractivity contribution < 1.29 is 9.59 Å². The lowest BCUT2D eigenvalue weighted by Gasteiger charge is -2.26. The first-order valence-electron chi connectivity index (χ1n) is 8.76. The number of carbonyl (C=O) groups excluding carboxylic acids is 2. The smallest absolute Gasteiger partial charge is 0.247 e. The number of hydrogen-bond donors (Lipinski definition) is 2. The third-order valence-electron chi connectivity index (χ3n) is 5.16. The summed E-state index contributed by atoms with van der Waals surface area (Å²) in [5.74, 6) is 0.0765. The van der Waals surface area contributed by atoms with Gasteiger partial charge in [-0.2, -0.15) is 0 Å². The molecule has 3 N–H and O–H groups in total. The Hall–Kier alpha value is -1.01. The van der Waals surface area contributed by atoms with Crippen molar-refractivity contribution in [1.82, 2.24) is 4.90 Å². The van der Waals surface area contributed by atoms with Gasteiger partial charge in [0.15, 0.2) is 0 Å². The predicted molar refractivity (Wildman–Crippen MR) is 107 cm³/mol. The first-order valence-corrected chi connectivity index (χ1v) is 9.51. The number of halogens is 3. The number of rotatable bonds is 4. The maximum absolute atomic E-state index is 12.7. The SMILES string of the molecule is Cl.N[C@@H]1CCC[C@H]1CC(=O)N1CCCC1C(=O)Nc1cc(Cl)cc(Cl)c1. The van der Waals surface area contributed by atoms with E-state index in [1.165, 1.54) is 0 Å². The van der Waals surface area contributed by atoms with Gasteiger partial charge in [-0.25, -0.2) is 0 Å². The molecule has 26 heavy (non-hydrogen) atoms. The second-order valence-electron chi connectivity index (χ2n) is 6.95. The van der Waals surface area contributed by atoms with Gasteiger partial charge in [0.25, 0.3) is 0 Å². The van der Waals surface area contributed by atoms with E-state index < -0.39 is 6.04 Å². The van der Waals surface area contributed by atoms with Gasteiger partial charge in [-0.3, -0.25) is 9.59 Å². The molecule has 144 valence electrons. The molecule has 1 heterocycles. The molecule has 1 aliphatic heterocycles. The van der Waals surface area contributed by atoms with E-state index in [-0.39, 0.29) is 36.2 Å². The van der Waals surface area contributed by atoms with Crippen LogP contribution in [0.15, 0.2) is 18.2 Å². The summed E-state index contributed by atoms with van der Waals surface area (Å²) < 4.78 is 0. The lowest BCUT2D eigenvalue weighted by atomic mass is 9.99. The lowest BCUT2D eigenvalue weighted by Crippen LogP contribution is -2.44. The van der Waals surface area contributed by atoms with E-state index in [4.69, 9.17) is 28.9 Å². The highest BCUT2D eigenvalue weighted by molar-refractivity contribution is 6.35. The van der Waals surface area contributed by atoms with Crippen LogP contribution in [0.3, 0.4) is 0 Å². The first kappa shape index (κ1) is 21.3. The number of nitrogens with one attached hydrogen (secondary N) is 1. The molecule has 2 fully saturated rings. The molecule has 0 spiro atoms. The van der Waals surface area contributed by atoms with Crippen LogP contribution in [0.5, 0.6) is 0 Å². The van der Waals surface area contributed by atoms with Gasteiger partial charge < -0.3 is 16.0 Å². The third kappa shape index (κ3) is 5.03. The molecule has 1 aromatic carbocycles. The quantitative estimate of drug-likeness (QED) is 0.776. The van der Waals surface area contributed by atoms with Crippen LogP contribution in [0.1, 0.15) is 38.5 Å². The standard InChI is InChI=1S/C18H23Cl2N3O2.ClH/c19-12-8-13(20)10-14(9-12)22-18(25)16-5-2-6-23(16)17(24)7-11-3-1-4-15(11)21;/h8-11,15-16H,1-7,21H2,(H,22,25);1H/t11-,15+,16?;/m0./s1. The van der Waals surface area contributed by atoms with E-state index >= 15 is 0 Å². The number of nitrogens with two attached hydrogens (primary N) is 1. The molecular formula is C18H24Cl3N3O2. The fourth-order valence-corrected chi connectivity index (χ4v) is 4.38. The molecule has 1 aromatic rings. The zero-order valence-corrected chi connectivity index (χ0v) is 16.7. The van der Waals surface area contributed by atoms with Crippen LogP contribution in [0.4, 0.5) is 5.69 Å². The largest absolute Gasteiger partial charge is 0.331 e. The molecule has 0 aromatic heterocycles. The van der Waals surface area contributed by atoms with Crippen LogP contribution in [0.2, 0.25) is 10.0 Å². The highest BCUT2D eigenvalue weighted by Gasteiger charge is 2.36. The minimum Gasteiger partial charge on any atom is -0.331 e. The predicted octanol–water partition coefficient (Wildman–Crippen LogP) is 3.86. The van der Waals surface area contributed by atoms with Crippen LogP contribution >= 0.6 is 35.6 Å². The van der Waals surface area contributed by atoms with Crippen molar-refractivity contribution in [1.29, 1.82) is 0 Å². The van der Waals surface area contributed by atoms with E-state index in [2.05, 4.69) is 5.32 Å². The van der Waals surface area contributed by atoms with Crippen molar-refractivity contribution in [3.05, 3.63) is 28.2 Å². The summed E-state index contributed by atoms with van der Waals surface area (Å²) in [6.45, 7) is 0.620. The molecule has 8 heteroatoms. The number of hydrogen-bond acceptors (Lipinski definition) is 3. The number of anilines is 1. The summed E-state index contributed by atoms with van der Waals surface area (Å²) >= 11 is 11.9. The topological polar surface area (TPSA) is 75.4 Å². The zero-order valence-electron chi connectivity index (χ0n) is 14.4. The second kappa shape index (κ2) is 9.27. The third-order valence-corrected chi connectivity index (χ3v) is 5.60. The summed E-state index contributed by atoms with van der Waals surface area (Å²) in [6, 6.07) is 4.55. The normalized spacial score (nSPS) is 25.0. The lowest BCUT2D eigenvalue weighted by molar-refractivity contribution is -0.137. The molecule has 0 bridgehead atoms. The van der Waals surface area contributed by atoms with E-state index in [9.17, 15) is 9.59 Å². The maximum atomic E-state index is 12.7. The summed E-state index contributed by atoms with van der Waals surface area (Å²) in [5.41, 5.74) is 6.62. The molecule has 1 unspecified atom stereocenters. The van der Waals surface area contributed by atoms with Gasteiger partial charge in [-0.05, 0) is 49.8 Å². The summed E-state index contributed by atoms with van der Waals surface area (Å²) in [6.07, 6.45) is 5.00. The van der Waals surface area contributed by atoms with Crippen molar-refractivity contribution in [3.8, 4) is 0 Å². The van der Waals surface area contributed by atoms with E-state index in [0.29, 0.717) is 35.1 Å². The van der Waals surface area contributed by atoms with E-state index in [1.807, 2.05) is 0 Å². The fourth-order valence-electron chi connectivity index (χ4n) is 3.85. The van der Waals surface area contributed by atoms with Crippen LogP contribution in [-0.2, 0) is 9.59 Å². The van der Waals surface area contributed by atoms with Crippen LogP contribution in [-0.4, -0.2) is 35.3 Å². The Kier molecular flexibility index (Phi) is 7.59. The average molecular weight is 421 g/mol. The molecule has 3 atom stereocenters. The van der Waals surface area contributed by atoms with E-state index in [1.54, 1.807) is 23.1 Å². The van der Waals surface area contributed by atoms with Crippen molar-refractivity contribution in [2.75, 3.05) is 11.9 Å². The Bertz CT molecular complexity index is 651. The minimum absolute atomic E-state index is 0. The zero-order chi connectivity index (χ0) is 18.0. The highest BCUT2D eigenvalue weighted by Crippen LogP contribution is 2.29. The minimum atomic E-state index is -0.442. The number of carbonyl (C=O) groups is 2. The van der Waals surface area contributed by atoms with Gasteiger partial charge in [0.05, 0.1) is 0 Å². The molecule has 1 aliphatic carbocycles. The number of benzene rings is 1. The van der Waals surface area contributed by atoms with Crippen molar-refractivity contribution >= 4 is 53.1 Å². The monoisotopic (exact) mass is 419 g/mol. The maximum Gasteiger partial charge on any atom is 0.247 e. The van der Waals surface area contributed by atoms with E-state index in [0.717, 1.165) is 25.7 Å². The molecule has 2 amide bonds. The number of likely N-dealkylation sites (tertiary alicyclic amines) is 1. The van der Waals surface area contributed by atoms with Crippen LogP contribution in [0, 0.1) is 5.92 Å². The van der Waals surface area contributed by atoms with Gasteiger partial charge >= 0.3 is 0 Å². The summed E-state index contributed by atoms with van der Waals surface area (Å²) in [4.78, 5) is 27.0. The van der Waals surface area contributed by atoms with Gasteiger partial charge in [0, 0.05) is 34.7 Å². The van der Waals surface area contributed by atoms with Gasteiger partial charge in [-0.15, -0.1) is 12.4 Å². The first-order chi connectivity index (χ1) is 11.9. The van der Waals surface area contributed by atoms with Gasteiger partial charge in [0.1, 0.15) is 6.04 Å². The number of amides is 2. The van der Waals surface area contributed by atoms with Crippen molar-refractivity contribution in [3.63, 3.8) is 0 Å². The van der Waals surface area contributed by atoms with Crippen LogP contribution in [0.25, 0.3) is 0 Å². The molecule has 1 saturated carbocycles. The molecule has 1 saturated heterocycles. The fraction of sp³-hybridized carbons (Fsp3) is 0.556. The molecular weight excluding hydrogens is 397 g/mol. The molecule has 2 aliphatic rings. The van der Waals surface area contributed by atoms with Crippen LogP contribution < -0.4 is 11.1 Å². The highest BCUT2D eigenvalue weighted by atomic mass is 35.5. The Morgan fingerprint density at radius 2 is 1.81 bits per heavy atom. The Labute approximate surface area is 170 Å². The van der Waals surface area contributed by atoms with Crippen molar-refractivity contribution in [2.45, 2.75) is 50.6 Å². The molecule has 3 rings (SSSR count). The second-order valence-corrected chi connectivity index (χ2v) is 7.82. The molecule has 0 radical (unpaired) electrons. The van der Waals surface area contributed by atoms with Gasteiger partial charge in [0.2, 0.25) is 11.8 Å².